The van der Waals surface area contributed by atoms with Gasteiger partial charge in [-0.05, 0) is 49.2 Å². The first kappa shape index (κ1) is 19.3. The number of fused-ring (bicyclic) bond motifs is 1. The van der Waals surface area contributed by atoms with Gasteiger partial charge in [0.2, 0.25) is 11.8 Å². The summed E-state index contributed by atoms with van der Waals surface area (Å²) in [6.45, 7) is 3.51. The molecular formula is C22H21FN2O4. The largest absolute Gasteiger partial charge is 0.468 e. The molecule has 6 nitrogen and oxygen atoms in total. The van der Waals surface area contributed by atoms with Gasteiger partial charge in [0.15, 0.2) is 0 Å². The lowest BCUT2D eigenvalue weighted by Crippen LogP contribution is -2.54. The third-order valence-electron chi connectivity index (χ3n) is 6.01. The Morgan fingerprint density at radius 3 is 2.38 bits per heavy atom. The van der Waals surface area contributed by atoms with E-state index in [1.54, 1.807) is 6.92 Å². The molecule has 150 valence electrons. The Labute approximate surface area is 167 Å². The van der Waals surface area contributed by atoms with Gasteiger partial charge in [-0.1, -0.05) is 24.3 Å². The number of imide groups is 1. The van der Waals surface area contributed by atoms with Crippen molar-refractivity contribution in [2.45, 2.75) is 25.4 Å². The van der Waals surface area contributed by atoms with Gasteiger partial charge in [0.1, 0.15) is 11.4 Å². The van der Waals surface area contributed by atoms with Crippen LogP contribution in [0, 0.1) is 24.6 Å². The molecule has 0 radical (unpaired) electrons. The first-order valence-corrected chi connectivity index (χ1v) is 9.34. The molecular weight excluding hydrogens is 375 g/mol. The van der Waals surface area contributed by atoms with Crippen LogP contribution in [0.4, 0.5) is 10.1 Å². The molecule has 1 N–H and O–H groups in total. The number of methoxy groups -OCH3 is 1. The predicted octanol–water partition coefficient (Wildman–Crippen LogP) is 2.52. The molecule has 2 amide bonds. The van der Waals surface area contributed by atoms with E-state index in [0.29, 0.717) is 0 Å². The average molecular weight is 396 g/mol. The lowest BCUT2D eigenvalue weighted by Gasteiger charge is -2.29. The van der Waals surface area contributed by atoms with Crippen molar-refractivity contribution in [1.29, 1.82) is 0 Å². The van der Waals surface area contributed by atoms with Crippen LogP contribution in [-0.2, 0) is 19.1 Å². The zero-order chi connectivity index (χ0) is 20.9. The second-order valence-corrected chi connectivity index (χ2v) is 7.66. The standard InChI is InChI=1S/C22H21FN2O4/c1-12-6-4-5-7-15(12)18-16-17(22(2,24-18)21(28)29-3)20(27)25(19(16)26)14-10-8-13(23)9-11-14/h4-11,16-18,24H,1-3H3/t16-,17+,18-,22+/m1/s1. The fourth-order valence-corrected chi connectivity index (χ4v) is 4.59. The molecule has 4 atom stereocenters. The summed E-state index contributed by atoms with van der Waals surface area (Å²) in [6, 6.07) is 12.2. The Morgan fingerprint density at radius 1 is 1.10 bits per heavy atom. The minimum Gasteiger partial charge on any atom is -0.468 e. The third kappa shape index (κ3) is 2.76. The van der Waals surface area contributed by atoms with Crippen LogP contribution in [0.1, 0.15) is 24.1 Å². The summed E-state index contributed by atoms with van der Waals surface area (Å²) in [6.07, 6.45) is 0. The lowest BCUT2D eigenvalue weighted by atomic mass is 9.80. The van der Waals surface area contributed by atoms with Crippen LogP contribution in [-0.4, -0.2) is 30.4 Å². The number of hydrogen-bond acceptors (Lipinski definition) is 5. The van der Waals surface area contributed by atoms with Gasteiger partial charge in [-0.3, -0.25) is 19.7 Å². The fourth-order valence-electron chi connectivity index (χ4n) is 4.59. The molecule has 0 bridgehead atoms. The topological polar surface area (TPSA) is 75.7 Å². The van der Waals surface area contributed by atoms with E-state index >= 15 is 0 Å². The van der Waals surface area contributed by atoms with Gasteiger partial charge >= 0.3 is 5.97 Å². The maximum Gasteiger partial charge on any atom is 0.326 e. The van der Waals surface area contributed by atoms with Crippen LogP contribution in [0.25, 0.3) is 0 Å². The highest BCUT2D eigenvalue weighted by atomic mass is 19.1. The lowest BCUT2D eigenvalue weighted by molar-refractivity contribution is -0.151. The number of anilines is 1. The third-order valence-corrected chi connectivity index (χ3v) is 6.01. The number of carbonyl (C=O) groups is 3. The molecule has 4 rings (SSSR count). The zero-order valence-corrected chi connectivity index (χ0v) is 16.3. The summed E-state index contributed by atoms with van der Waals surface area (Å²) in [5, 5.41) is 3.22. The van der Waals surface area contributed by atoms with Gasteiger partial charge < -0.3 is 4.74 Å². The number of halogens is 1. The van der Waals surface area contributed by atoms with Crippen molar-refractivity contribution in [1.82, 2.24) is 5.32 Å². The second-order valence-electron chi connectivity index (χ2n) is 7.66. The van der Waals surface area contributed by atoms with E-state index in [4.69, 9.17) is 4.74 Å². The van der Waals surface area contributed by atoms with E-state index < -0.39 is 47.0 Å². The minimum atomic E-state index is -1.37. The highest BCUT2D eigenvalue weighted by molar-refractivity contribution is 6.24. The predicted molar refractivity (Wildman–Crippen MR) is 103 cm³/mol. The molecule has 2 saturated heterocycles. The molecule has 0 unspecified atom stereocenters. The maximum atomic E-state index is 13.4. The quantitative estimate of drug-likeness (QED) is 0.637. The monoisotopic (exact) mass is 396 g/mol. The van der Waals surface area contributed by atoms with Crippen molar-refractivity contribution < 1.29 is 23.5 Å². The van der Waals surface area contributed by atoms with Crippen LogP contribution < -0.4 is 10.2 Å². The highest BCUT2D eigenvalue weighted by Gasteiger charge is 2.67. The molecule has 0 aliphatic carbocycles. The Bertz CT molecular complexity index is 1010. The van der Waals surface area contributed by atoms with Crippen molar-refractivity contribution in [2.75, 3.05) is 12.0 Å². The molecule has 0 saturated carbocycles. The van der Waals surface area contributed by atoms with Gasteiger partial charge in [0, 0.05) is 6.04 Å². The number of aryl methyl sites for hydroxylation is 1. The van der Waals surface area contributed by atoms with E-state index in [-0.39, 0.29) is 5.69 Å². The smallest absolute Gasteiger partial charge is 0.326 e. The van der Waals surface area contributed by atoms with Crippen molar-refractivity contribution in [3.63, 3.8) is 0 Å². The molecule has 7 heteroatoms. The molecule has 2 aromatic rings. The molecule has 0 aromatic heterocycles. The van der Waals surface area contributed by atoms with E-state index in [2.05, 4.69) is 5.32 Å². The molecule has 2 aliphatic rings. The van der Waals surface area contributed by atoms with Crippen molar-refractivity contribution in [3.8, 4) is 0 Å². The number of carbonyl (C=O) groups excluding carboxylic acids is 3. The van der Waals surface area contributed by atoms with E-state index in [0.717, 1.165) is 16.0 Å². The van der Waals surface area contributed by atoms with Gasteiger partial charge in [-0.25, -0.2) is 9.29 Å². The number of amides is 2. The number of hydrogen-bond donors (Lipinski definition) is 1. The zero-order valence-electron chi connectivity index (χ0n) is 16.3. The molecule has 2 aromatic carbocycles. The summed E-state index contributed by atoms with van der Waals surface area (Å²) < 4.78 is 18.3. The first-order chi connectivity index (χ1) is 13.8. The minimum absolute atomic E-state index is 0.284. The summed E-state index contributed by atoms with van der Waals surface area (Å²) in [4.78, 5) is 40.5. The normalized spacial score (nSPS) is 28.6. The first-order valence-electron chi connectivity index (χ1n) is 9.34. The van der Waals surface area contributed by atoms with Crippen LogP contribution in [0.5, 0.6) is 0 Å². The second kappa shape index (κ2) is 6.77. The fraction of sp³-hybridized carbons (Fsp3) is 0.318. The van der Waals surface area contributed by atoms with E-state index in [9.17, 15) is 18.8 Å². The van der Waals surface area contributed by atoms with Gasteiger partial charge in [0.25, 0.3) is 0 Å². The number of esters is 1. The average Bonchev–Trinajstić information content (AvgIpc) is 3.16. The van der Waals surface area contributed by atoms with E-state index in [1.807, 2.05) is 31.2 Å². The molecule has 29 heavy (non-hydrogen) atoms. The van der Waals surface area contributed by atoms with Gasteiger partial charge in [-0.2, -0.15) is 0 Å². The molecule has 2 aliphatic heterocycles. The summed E-state index contributed by atoms with van der Waals surface area (Å²) in [7, 11) is 1.25. The van der Waals surface area contributed by atoms with Crippen LogP contribution in [0.2, 0.25) is 0 Å². The number of rotatable bonds is 3. The van der Waals surface area contributed by atoms with Crippen LogP contribution in [0.3, 0.4) is 0 Å². The highest BCUT2D eigenvalue weighted by Crippen LogP contribution is 2.50. The van der Waals surface area contributed by atoms with Crippen LogP contribution in [0.15, 0.2) is 48.5 Å². The van der Waals surface area contributed by atoms with Crippen LogP contribution >= 0.6 is 0 Å². The molecule has 0 spiro atoms. The Kier molecular flexibility index (Phi) is 4.50. The van der Waals surface area contributed by atoms with Gasteiger partial charge in [-0.15, -0.1) is 0 Å². The molecule has 2 fully saturated rings. The Morgan fingerprint density at radius 2 is 1.76 bits per heavy atom. The Balaban J connectivity index is 1.84. The number of ether oxygens (including phenoxy) is 1. The maximum absolute atomic E-state index is 13.4. The number of benzene rings is 2. The number of nitrogens with zero attached hydrogens (tertiary/aromatic N) is 1. The van der Waals surface area contributed by atoms with E-state index in [1.165, 1.54) is 31.4 Å². The van der Waals surface area contributed by atoms with Gasteiger partial charge in [0.05, 0.1) is 24.6 Å². The van der Waals surface area contributed by atoms with Crippen molar-refractivity contribution in [2.24, 2.45) is 11.8 Å². The summed E-state index contributed by atoms with van der Waals surface area (Å²) >= 11 is 0. The SMILES string of the molecule is COC(=O)[C@@]1(C)N[C@H](c2ccccc2C)[C@@H]2C(=O)N(c3ccc(F)cc3)C(=O)[C@H]21. The summed E-state index contributed by atoms with van der Waals surface area (Å²) in [5.74, 6) is -3.70. The summed E-state index contributed by atoms with van der Waals surface area (Å²) in [5.41, 5.74) is 0.704. The van der Waals surface area contributed by atoms with Crippen molar-refractivity contribution in [3.05, 3.63) is 65.5 Å². The number of nitrogens with one attached hydrogen (secondary N) is 1. The Hall–Kier alpha value is -3.06. The van der Waals surface area contributed by atoms with Crippen molar-refractivity contribution >= 4 is 23.5 Å². The molecule has 2 heterocycles.